The number of hydrogen-bond donors (Lipinski definition) is 1. The Bertz CT molecular complexity index is 341. The first-order chi connectivity index (χ1) is 8.61. The molecule has 18 heavy (non-hydrogen) atoms. The van der Waals surface area contributed by atoms with Gasteiger partial charge in [0.1, 0.15) is 0 Å². The van der Waals surface area contributed by atoms with Crippen LogP contribution < -0.4 is 5.32 Å². The minimum Gasteiger partial charge on any atom is -0.313 e. The highest BCUT2D eigenvalue weighted by Gasteiger charge is 2.09. The number of rotatable bonds is 8. The van der Waals surface area contributed by atoms with E-state index in [2.05, 4.69) is 32.2 Å². The van der Waals surface area contributed by atoms with E-state index in [-0.39, 0.29) is 0 Å². The van der Waals surface area contributed by atoms with E-state index in [1.807, 2.05) is 30.0 Å². The van der Waals surface area contributed by atoms with Crippen molar-refractivity contribution in [3.05, 3.63) is 29.3 Å². The molecule has 1 aromatic rings. The van der Waals surface area contributed by atoms with Gasteiger partial charge in [0.25, 0.3) is 0 Å². The van der Waals surface area contributed by atoms with Gasteiger partial charge < -0.3 is 5.32 Å². The van der Waals surface area contributed by atoms with Gasteiger partial charge in [-0.15, -0.1) is 11.8 Å². The lowest BCUT2D eigenvalue weighted by atomic mass is 10.0. The van der Waals surface area contributed by atoms with Gasteiger partial charge in [0.05, 0.1) is 0 Å². The molecule has 0 saturated carbocycles. The quantitative estimate of drug-likeness (QED) is 0.686. The zero-order valence-corrected chi connectivity index (χ0v) is 13.2. The van der Waals surface area contributed by atoms with Gasteiger partial charge in [-0.1, -0.05) is 38.4 Å². The van der Waals surface area contributed by atoms with Crippen LogP contribution in [0.2, 0.25) is 5.02 Å². The van der Waals surface area contributed by atoms with Gasteiger partial charge in [-0.3, -0.25) is 0 Å². The molecular weight excluding hydrogens is 262 g/mol. The minimum absolute atomic E-state index is 0.599. The molecule has 1 rings (SSSR count). The fraction of sp³-hybridized carbons (Fsp3) is 0.600. The maximum atomic E-state index is 6.00. The molecule has 102 valence electrons. The molecule has 0 aliphatic heterocycles. The van der Waals surface area contributed by atoms with E-state index < -0.39 is 0 Å². The Hall–Kier alpha value is -0.180. The standard InChI is InChI=1S/C15H24ClNS/c1-4-17-14(9-8-12(2)3)11-18-15-7-5-6-13(16)10-15/h5-7,10,12,14,17H,4,8-9,11H2,1-3H3. The van der Waals surface area contributed by atoms with Crippen molar-refractivity contribution < 1.29 is 0 Å². The van der Waals surface area contributed by atoms with Gasteiger partial charge in [0.15, 0.2) is 0 Å². The largest absolute Gasteiger partial charge is 0.313 e. The lowest BCUT2D eigenvalue weighted by Gasteiger charge is -2.18. The van der Waals surface area contributed by atoms with Gasteiger partial charge in [-0.25, -0.2) is 0 Å². The number of nitrogens with one attached hydrogen (secondary N) is 1. The Kier molecular flexibility index (Phi) is 7.80. The summed E-state index contributed by atoms with van der Waals surface area (Å²) in [6, 6.07) is 8.70. The van der Waals surface area contributed by atoms with Crippen molar-refractivity contribution in [1.29, 1.82) is 0 Å². The first-order valence-corrected chi connectivity index (χ1v) is 8.10. The van der Waals surface area contributed by atoms with E-state index in [0.717, 1.165) is 23.2 Å². The Labute approximate surface area is 121 Å². The highest BCUT2D eigenvalue weighted by Crippen LogP contribution is 2.23. The van der Waals surface area contributed by atoms with Crippen LogP contribution in [-0.2, 0) is 0 Å². The number of hydrogen-bond acceptors (Lipinski definition) is 2. The molecule has 0 aliphatic rings. The Morgan fingerprint density at radius 1 is 1.28 bits per heavy atom. The molecule has 0 heterocycles. The Balaban J connectivity index is 2.41. The normalized spacial score (nSPS) is 12.9. The molecule has 0 saturated heterocycles. The van der Waals surface area contributed by atoms with Crippen molar-refractivity contribution >= 4 is 23.4 Å². The molecule has 0 amide bonds. The molecule has 1 aromatic carbocycles. The zero-order valence-electron chi connectivity index (χ0n) is 11.6. The molecule has 0 aromatic heterocycles. The predicted molar refractivity (Wildman–Crippen MR) is 83.7 cm³/mol. The summed E-state index contributed by atoms with van der Waals surface area (Å²) >= 11 is 7.88. The second-order valence-corrected chi connectivity index (χ2v) is 6.52. The lowest BCUT2D eigenvalue weighted by molar-refractivity contribution is 0.464. The van der Waals surface area contributed by atoms with Gasteiger partial charge in [0.2, 0.25) is 0 Å². The monoisotopic (exact) mass is 285 g/mol. The van der Waals surface area contributed by atoms with Crippen LogP contribution in [-0.4, -0.2) is 18.3 Å². The van der Waals surface area contributed by atoms with Gasteiger partial charge in [-0.2, -0.15) is 0 Å². The summed E-state index contributed by atoms with van der Waals surface area (Å²) in [4.78, 5) is 1.26. The van der Waals surface area contributed by atoms with E-state index in [1.54, 1.807) is 0 Å². The number of benzene rings is 1. The van der Waals surface area contributed by atoms with E-state index >= 15 is 0 Å². The van der Waals surface area contributed by atoms with Crippen LogP contribution in [0.4, 0.5) is 0 Å². The third-order valence-electron chi connectivity index (χ3n) is 2.83. The average molecular weight is 286 g/mol. The highest BCUT2D eigenvalue weighted by molar-refractivity contribution is 7.99. The van der Waals surface area contributed by atoms with Crippen LogP contribution in [0.5, 0.6) is 0 Å². The summed E-state index contributed by atoms with van der Waals surface area (Å²) < 4.78 is 0. The van der Waals surface area contributed by atoms with E-state index in [4.69, 9.17) is 11.6 Å². The van der Waals surface area contributed by atoms with Crippen LogP contribution in [0, 0.1) is 5.92 Å². The minimum atomic E-state index is 0.599. The summed E-state index contributed by atoms with van der Waals surface area (Å²) in [7, 11) is 0. The van der Waals surface area contributed by atoms with Crippen molar-refractivity contribution in [1.82, 2.24) is 5.32 Å². The second kappa shape index (κ2) is 8.84. The number of halogens is 1. The third-order valence-corrected chi connectivity index (χ3v) is 4.22. The van der Waals surface area contributed by atoms with E-state index in [0.29, 0.717) is 6.04 Å². The molecule has 0 aliphatic carbocycles. The highest BCUT2D eigenvalue weighted by atomic mass is 35.5. The van der Waals surface area contributed by atoms with Crippen molar-refractivity contribution in [2.24, 2.45) is 5.92 Å². The topological polar surface area (TPSA) is 12.0 Å². The average Bonchev–Trinajstić information content (AvgIpc) is 2.32. The van der Waals surface area contributed by atoms with E-state index in [9.17, 15) is 0 Å². The third kappa shape index (κ3) is 6.67. The Morgan fingerprint density at radius 2 is 2.06 bits per heavy atom. The molecule has 1 nitrogen and oxygen atoms in total. The maximum absolute atomic E-state index is 6.00. The predicted octanol–water partition coefficient (Wildman–Crippen LogP) is 4.85. The molecular formula is C15H24ClNS. The summed E-state index contributed by atoms with van der Waals surface area (Å²) in [5, 5.41) is 4.39. The maximum Gasteiger partial charge on any atom is 0.0417 e. The van der Waals surface area contributed by atoms with Crippen molar-refractivity contribution in [2.45, 2.75) is 44.6 Å². The summed E-state index contributed by atoms with van der Waals surface area (Å²) in [5.41, 5.74) is 0. The van der Waals surface area contributed by atoms with Gasteiger partial charge >= 0.3 is 0 Å². The molecule has 0 fully saturated rings. The molecule has 0 radical (unpaired) electrons. The van der Waals surface area contributed by atoms with Crippen molar-refractivity contribution in [3.8, 4) is 0 Å². The van der Waals surface area contributed by atoms with Gasteiger partial charge in [0, 0.05) is 21.7 Å². The van der Waals surface area contributed by atoms with Crippen LogP contribution in [0.1, 0.15) is 33.6 Å². The fourth-order valence-electron chi connectivity index (χ4n) is 1.82. The number of thioether (sulfide) groups is 1. The Morgan fingerprint density at radius 3 is 2.67 bits per heavy atom. The fourth-order valence-corrected chi connectivity index (χ4v) is 3.14. The summed E-state index contributed by atoms with van der Waals surface area (Å²) in [5.74, 6) is 1.89. The zero-order chi connectivity index (χ0) is 13.4. The van der Waals surface area contributed by atoms with Crippen molar-refractivity contribution in [3.63, 3.8) is 0 Å². The molecule has 1 unspecified atom stereocenters. The van der Waals surface area contributed by atoms with Crippen molar-refractivity contribution in [2.75, 3.05) is 12.3 Å². The van der Waals surface area contributed by atoms with Crippen LogP contribution in [0.25, 0.3) is 0 Å². The second-order valence-electron chi connectivity index (χ2n) is 4.99. The molecule has 0 spiro atoms. The SMILES string of the molecule is CCNC(CCC(C)C)CSc1cccc(Cl)c1. The first kappa shape index (κ1) is 15.9. The molecule has 3 heteroatoms. The van der Waals surface area contributed by atoms with Crippen LogP contribution in [0.3, 0.4) is 0 Å². The molecule has 1 atom stereocenters. The van der Waals surface area contributed by atoms with Gasteiger partial charge in [-0.05, 0) is 43.5 Å². The van der Waals surface area contributed by atoms with E-state index in [1.165, 1.54) is 17.7 Å². The summed E-state index contributed by atoms with van der Waals surface area (Å²) in [6.45, 7) is 7.78. The lowest BCUT2D eigenvalue weighted by Crippen LogP contribution is -2.31. The first-order valence-electron chi connectivity index (χ1n) is 6.73. The van der Waals surface area contributed by atoms with Crippen LogP contribution >= 0.6 is 23.4 Å². The molecule has 0 bridgehead atoms. The van der Waals surface area contributed by atoms with Crippen LogP contribution in [0.15, 0.2) is 29.2 Å². The smallest absolute Gasteiger partial charge is 0.0417 e. The molecule has 1 N–H and O–H groups in total. The summed E-state index contributed by atoms with van der Waals surface area (Å²) in [6.07, 6.45) is 2.53.